The van der Waals surface area contributed by atoms with Crippen molar-refractivity contribution in [3.05, 3.63) is 28.8 Å². The summed E-state index contributed by atoms with van der Waals surface area (Å²) in [7, 11) is 0. The van der Waals surface area contributed by atoms with Gasteiger partial charge in [0.15, 0.2) is 0 Å². The van der Waals surface area contributed by atoms with Crippen LogP contribution in [0, 0.1) is 11.3 Å². The summed E-state index contributed by atoms with van der Waals surface area (Å²) in [5.74, 6) is -0.0580. The number of halogens is 1. The SMILES string of the molecule is N#Cc1ccc(NCC(=O)NC2CCOCC2)cc1Cl. The molecule has 0 atom stereocenters. The second-order valence-electron chi connectivity index (χ2n) is 4.61. The molecule has 0 aromatic heterocycles. The fourth-order valence-corrected chi connectivity index (χ4v) is 2.24. The van der Waals surface area contributed by atoms with Crippen LogP contribution in [-0.2, 0) is 9.53 Å². The van der Waals surface area contributed by atoms with Gasteiger partial charge in [-0.15, -0.1) is 0 Å². The lowest BCUT2D eigenvalue weighted by atomic mass is 10.1. The summed E-state index contributed by atoms with van der Waals surface area (Å²) in [4.78, 5) is 11.8. The van der Waals surface area contributed by atoms with Crippen LogP contribution in [0.15, 0.2) is 18.2 Å². The van der Waals surface area contributed by atoms with Gasteiger partial charge in [0.25, 0.3) is 0 Å². The Morgan fingerprint density at radius 1 is 1.45 bits per heavy atom. The predicted molar refractivity (Wildman–Crippen MR) is 76.6 cm³/mol. The largest absolute Gasteiger partial charge is 0.381 e. The van der Waals surface area contributed by atoms with E-state index in [9.17, 15) is 4.79 Å². The average molecular weight is 294 g/mol. The Labute approximate surface area is 122 Å². The number of rotatable bonds is 4. The Morgan fingerprint density at radius 3 is 2.85 bits per heavy atom. The number of benzene rings is 1. The van der Waals surface area contributed by atoms with Gasteiger partial charge in [-0.3, -0.25) is 4.79 Å². The van der Waals surface area contributed by atoms with E-state index in [1.165, 1.54) is 0 Å². The highest BCUT2D eigenvalue weighted by Crippen LogP contribution is 2.19. The maximum Gasteiger partial charge on any atom is 0.239 e. The molecule has 0 radical (unpaired) electrons. The number of nitrogens with zero attached hydrogens (tertiary/aromatic N) is 1. The average Bonchev–Trinajstić information content (AvgIpc) is 2.46. The molecule has 0 aliphatic carbocycles. The van der Waals surface area contributed by atoms with Crippen molar-refractivity contribution in [2.24, 2.45) is 0 Å². The fraction of sp³-hybridized carbons (Fsp3) is 0.429. The van der Waals surface area contributed by atoms with Crippen LogP contribution in [0.4, 0.5) is 5.69 Å². The molecule has 1 aliphatic rings. The maximum absolute atomic E-state index is 11.8. The summed E-state index contributed by atoms with van der Waals surface area (Å²) < 4.78 is 5.24. The Kier molecular flexibility index (Phi) is 5.22. The minimum absolute atomic E-state index is 0.0580. The van der Waals surface area contributed by atoms with Crippen molar-refractivity contribution in [2.75, 3.05) is 25.1 Å². The van der Waals surface area contributed by atoms with E-state index in [0.29, 0.717) is 23.8 Å². The number of carbonyl (C=O) groups excluding carboxylic acids is 1. The van der Waals surface area contributed by atoms with E-state index in [2.05, 4.69) is 10.6 Å². The molecular formula is C14H16ClN3O2. The molecule has 0 spiro atoms. The van der Waals surface area contributed by atoms with Gasteiger partial charge >= 0.3 is 0 Å². The zero-order chi connectivity index (χ0) is 14.4. The van der Waals surface area contributed by atoms with E-state index < -0.39 is 0 Å². The highest BCUT2D eigenvalue weighted by Gasteiger charge is 2.15. The summed E-state index contributed by atoms with van der Waals surface area (Å²) in [6, 6.07) is 7.18. The molecule has 0 saturated carbocycles. The molecule has 1 aliphatic heterocycles. The van der Waals surface area contributed by atoms with Crippen molar-refractivity contribution in [3.8, 4) is 6.07 Å². The molecule has 1 aromatic rings. The first-order valence-corrected chi connectivity index (χ1v) is 6.87. The van der Waals surface area contributed by atoms with Crippen molar-refractivity contribution in [1.29, 1.82) is 5.26 Å². The number of ether oxygens (including phenoxy) is 1. The number of amides is 1. The van der Waals surface area contributed by atoms with Gasteiger partial charge in [0.2, 0.25) is 5.91 Å². The number of hydrogen-bond donors (Lipinski definition) is 2. The van der Waals surface area contributed by atoms with Crippen LogP contribution in [0.1, 0.15) is 18.4 Å². The number of anilines is 1. The van der Waals surface area contributed by atoms with E-state index in [1.54, 1.807) is 18.2 Å². The van der Waals surface area contributed by atoms with E-state index >= 15 is 0 Å². The summed E-state index contributed by atoms with van der Waals surface area (Å²) in [6.45, 7) is 1.58. The van der Waals surface area contributed by atoms with E-state index in [1.807, 2.05) is 6.07 Å². The van der Waals surface area contributed by atoms with Gasteiger partial charge in [-0.1, -0.05) is 11.6 Å². The van der Waals surface area contributed by atoms with E-state index in [0.717, 1.165) is 18.5 Å². The molecule has 1 fully saturated rings. The molecule has 1 saturated heterocycles. The standard InChI is InChI=1S/C14H16ClN3O2/c15-13-7-12(2-1-10(13)8-16)17-9-14(19)18-11-3-5-20-6-4-11/h1-2,7,11,17H,3-6,9H2,(H,18,19). The zero-order valence-corrected chi connectivity index (χ0v) is 11.7. The Morgan fingerprint density at radius 2 is 2.20 bits per heavy atom. The number of hydrogen-bond acceptors (Lipinski definition) is 4. The lowest BCUT2D eigenvalue weighted by Crippen LogP contribution is -2.41. The summed E-state index contributed by atoms with van der Waals surface area (Å²) in [5, 5.41) is 15.1. The Hall–Kier alpha value is -1.77. The van der Waals surface area contributed by atoms with Crippen LogP contribution in [0.3, 0.4) is 0 Å². The number of carbonyl (C=O) groups is 1. The van der Waals surface area contributed by atoms with Gasteiger partial charge in [0.1, 0.15) is 6.07 Å². The molecular weight excluding hydrogens is 278 g/mol. The summed E-state index contributed by atoms with van der Waals surface area (Å²) in [5.41, 5.74) is 1.14. The second-order valence-corrected chi connectivity index (χ2v) is 5.02. The summed E-state index contributed by atoms with van der Waals surface area (Å²) >= 11 is 5.92. The third-order valence-corrected chi connectivity index (χ3v) is 3.44. The van der Waals surface area contributed by atoms with Crippen LogP contribution in [0.25, 0.3) is 0 Å². The van der Waals surface area contributed by atoms with Crippen LogP contribution >= 0.6 is 11.6 Å². The second kappa shape index (κ2) is 7.13. The topological polar surface area (TPSA) is 74.2 Å². The van der Waals surface area contributed by atoms with E-state index in [-0.39, 0.29) is 18.5 Å². The minimum atomic E-state index is -0.0580. The van der Waals surface area contributed by atoms with Crippen LogP contribution in [0.2, 0.25) is 5.02 Å². The van der Waals surface area contributed by atoms with Gasteiger partial charge in [0, 0.05) is 24.9 Å². The molecule has 5 nitrogen and oxygen atoms in total. The third kappa shape index (κ3) is 4.12. The molecule has 2 N–H and O–H groups in total. The lowest BCUT2D eigenvalue weighted by Gasteiger charge is -2.23. The first-order chi connectivity index (χ1) is 9.69. The van der Waals surface area contributed by atoms with Crippen molar-refractivity contribution in [3.63, 3.8) is 0 Å². The van der Waals surface area contributed by atoms with Gasteiger partial charge in [-0.25, -0.2) is 0 Å². The molecule has 20 heavy (non-hydrogen) atoms. The number of nitriles is 1. The van der Waals surface area contributed by atoms with E-state index in [4.69, 9.17) is 21.6 Å². The third-order valence-electron chi connectivity index (χ3n) is 3.13. The van der Waals surface area contributed by atoms with Crippen molar-refractivity contribution < 1.29 is 9.53 Å². The normalized spacial score (nSPS) is 15.4. The molecule has 1 amide bonds. The first-order valence-electron chi connectivity index (χ1n) is 6.49. The monoisotopic (exact) mass is 293 g/mol. The molecule has 0 bridgehead atoms. The Bertz CT molecular complexity index is 522. The van der Waals surface area contributed by atoms with Crippen LogP contribution < -0.4 is 10.6 Å². The molecule has 106 valence electrons. The van der Waals surface area contributed by atoms with Gasteiger partial charge in [0.05, 0.1) is 17.1 Å². The smallest absolute Gasteiger partial charge is 0.239 e. The summed E-state index contributed by atoms with van der Waals surface area (Å²) in [6.07, 6.45) is 1.71. The molecule has 0 unspecified atom stereocenters. The Balaban J connectivity index is 1.81. The minimum Gasteiger partial charge on any atom is -0.381 e. The predicted octanol–water partition coefficient (Wildman–Crippen LogP) is 1.92. The highest BCUT2D eigenvalue weighted by atomic mass is 35.5. The molecule has 1 heterocycles. The lowest BCUT2D eigenvalue weighted by molar-refractivity contribution is -0.120. The first kappa shape index (κ1) is 14.6. The van der Waals surface area contributed by atoms with Crippen molar-refractivity contribution in [2.45, 2.75) is 18.9 Å². The molecule has 2 rings (SSSR count). The fourth-order valence-electron chi connectivity index (χ4n) is 2.02. The highest BCUT2D eigenvalue weighted by molar-refractivity contribution is 6.32. The number of nitrogens with one attached hydrogen (secondary N) is 2. The van der Waals surface area contributed by atoms with Crippen molar-refractivity contribution >= 4 is 23.2 Å². The van der Waals surface area contributed by atoms with Crippen LogP contribution in [-0.4, -0.2) is 31.7 Å². The molecule has 6 heteroatoms. The molecule has 1 aromatic carbocycles. The van der Waals surface area contributed by atoms with Gasteiger partial charge in [-0.2, -0.15) is 5.26 Å². The maximum atomic E-state index is 11.8. The van der Waals surface area contributed by atoms with Gasteiger partial charge < -0.3 is 15.4 Å². The van der Waals surface area contributed by atoms with Gasteiger partial charge in [-0.05, 0) is 31.0 Å². The quantitative estimate of drug-likeness (QED) is 0.889. The van der Waals surface area contributed by atoms with Crippen LogP contribution in [0.5, 0.6) is 0 Å². The zero-order valence-electron chi connectivity index (χ0n) is 11.0. The van der Waals surface area contributed by atoms with Crippen molar-refractivity contribution in [1.82, 2.24) is 5.32 Å².